The predicted molar refractivity (Wildman–Crippen MR) is 82.4 cm³/mol. The average molecular weight is 278 g/mol. The highest BCUT2D eigenvalue weighted by atomic mass is 16.5. The van der Waals surface area contributed by atoms with E-state index in [4.69, 9.17) is 4.74 Å². The van der Waals surface area contributed by atoms with Crippen LogP contribution in [0.5, 0.6) is 5.75 Å². The van der Waals surface area contributed by atoms with Gasteiger partial charge in [-0.25, -0.2) is 9.97 Å². The molecule has 1 fully saturated rings. The third-order valence-corrected chi connectivity index (χ3v) is 4.11. The molecule has 0 aliphatic heterocycles. The highest BCUT2D eigenvalue weighted by molar-refractivity contribution is 5.63. The molecule has 2 N–H and O–H groups in total. The number of rotatable bonds is 6. The van der Waals surface area contributed by atoms with Crippen molar-refractivity contribution in [3.8, 4) is 5.75 Å². The van der Waals surface area contributed by atoms with E-state index in [1.165, 1.54) is 32.1 Å². The maximum Gasteiger partial charge on any atom is 0.204 e. The van der Waals surface area contributed by atoms with Crippen LogP contribution in [0.15, 0.2) is 6.33 Å². The van der Waals surface area contributed by atoms with Gasteiger partial charge in [0.15, 0.2) is 11.6 Å². The summed E-state index contributed by atoms with van der Waals surface area (Å²) in [7, 11) is 1.67. The Hall–Kier alpha value is -1.52. The van der Waals surface area contributed by atoms with Gasteiger partial charge in [-0.15, -0.1) is 0 Å². The molecule has 1 aromatic rings. The number of nitrogens with zero attached hydrogens (tertiary/aromatic N) is 2. The fourth-order valence-electron chi connectivity index (χ4n) is 3.03. The summed E-state index contributed by atoms with van der Waals surface area (Å²) in [5.74, 6) is 3.01. The maximum atomic E-state index is 5.49. The van der Waals surface area contributed by atoms with Gasteiger partial charge in [0, 0.05) is 12.6 Å². The number of methoxy groups -OCH3 is 1. The van der Waals surface area contributed by atoms with Gasteiger partial charge in [-0.2, -0.15) is 0 Å². The van der Waals surface area contributed by atoms with Crippen LogP contribution in [0.1, 0.15) is 46.0 Å². The van der Waals surface area contributed by atoms with Gasteiger partial charge in [-0.05, 0) is 25.7 Å². The molecule has 2 unspecified atom stereocenters. The number of aromatic nitrogens is 2. The van der Waals surface area contributed by atoms with Crippen LogP contribution in [0.3, 0.4) is 0 Å². The van der Waals surface area contributed by atoms with Crippen LogP contribution in [-0.4, -0.2) is 29.7 Å². The van der Waals surface area contributed by atoms with E-state index in [2.05, 4.69) is 27.5 Å². The zero-order chi connectivity index (χ0) is 14.4. The Kier molecular flexibility index (Phi) is 5.44. The summed E-state index contributed by atoms with van der Waals surface area (Å²) in [6, 6.07) is 0.493. The largest absolute Gasteiger partial charge is 0.490 e. The number of ether oxygens (including phenoxy) is 1. The molecule has 0 amide bonds. The quantitative estimate of drug-likeness (QED) is 0.836. The van der Waals surface area contributed by atoms with E-state index in [1.54, 1.807) is 13.4 Å². The number of anilines is 2. The molecule has 0 saturated heterocycles. The molecule has 1 aliphatic rings. The fourth-order valence-corrected chi connectivity index (χ4v) is 3.03. The molecule has 0 radical (unpaired) electrons. The molecule has 0 bridgehead atoms. The van der Waals surface area contributed by atoms with Gasteiger partial charge >= 0.3 is 0 Å². The van der Waals surface area contributed by atoms with Crippen molar-refractivity contribution in [2.75, 3.05) is 24.3 Å². The second kappa shape index (κ2) is 7.31. The first-order valence-electron chi connectivity index (χ1n) is 7.69. The highest BCUT2D eigenvalue weighted by Crippen LogP contribution is 2.34. The van der Waals surface area contributed by atoms with Gasteiger partial charge in [-0.3, -0.25) is 0 Å². The molecule has 1 saturated carbocycles. The van der Waals surface area contributed by atoms with Gasteiger partial charge in [0.25, 0.3) is 0 Å². The van der Waals surface area contributed by atoms with Crippen molar-refractivity contribution >= 4 is 11.6 Å². The lowest BCUT2D eigenvalue weighted by molar-refractivity contribution is 0.315. The minimum absolute atomic E-state index is 0.493. The van der Waals surface area contributed by atoms with Gasteiger partial charge < -0.3 is 15.4 Å². The van der Waals surface area contributed by atoms with Crippen LogP contribution >= 0.6 is 0 Å². The van der Waals surface area contributed by atoms with E-state index in [0.717, 1.165) is 29.8 Å². The zero-order valence-corrected chi connectivity index (χ0v) is 12.8. The lowest BCUT2D eigenvalue weighted by Gasteiger charge is -2.32. The Bertz CT molecular complexity index is 424. The highest BCUT2D eigenvalue weighted by Gasteiger charge is 2.25. The third kappa shape index (κ3) is 3.32. The van der Waals surface area contributed by atoms with E-state index in [-0.39, 0.29) is 0 Å². The van der Waals surface area contributed by atoms with E-state index in [1.807, 2.05) is 6.92 Å². The van der Waals surface area contributed by atoms with Crippen LogP contribution in [0.2, 0.25) is 0 Å². The van der Waals surface area contributed by atoms with Gasteiger partial charge in [0.2, 0.25) is 5.75 Å². The number of nitrogens with one attached hydrogen (secondary N) is 2. The maximum absolute atomic E-state index is 5.49. The summed E-state index contributed by atoms with van der Waals surface area (Å²) in [5.41, 5.74) is 0. The summed E-state index contributed by atoms with van der Waals surface area (Å²) in [5, 5.41) is 6.80. The second-order valence-electron chi connectivity index (χ2n) is 5.34. The number of hydrogen-bond donors (Lipinski definition) is 2. The smallest absolute Gasteiger partial charge is 0.204 e. The molecule has 20 heavy (non-hydrogen) atoms. The molecular weight excluding hydrogens is 252 g/mol. The normalized spacial score (nSPS) is 22.4. The van der Waals surface area contributed by atoms with Crippen LogP contribution in [-0.2, 0) is 0 Å². The standard InChI is InChI=1S/C15H26N4O/c1-4-11-8-6-7-9-12(11)19-15-13(20-3)14(16-5-2)17-10-18-15/h10-12H,4-9H2,1-3H3,(H2,16,17,18,19). The van der Waals surface area contributed by atoms with E-state index < -0.39 is 0 Å². The van der Waals surface area contributed by atoms with E-state index in [0.29, 0.717) is 6.04 Å². The van der Waals surface area contributed by atoms with Gasteiger partial charge in [-0.1, -0.05) is 26.2 Å². The summed E-state index contributed by atoms with van der Waals surface area (Å²) in [4.78, 5) is 8.61. The Morgan fingerprint density at radius 1 is 1.20 bits per heavy atom. The van der Waals surface area contributed by atoms with Crippen molar-refractivity contribution in [2.24, 2.45) is 5.92 Å². The van der Waals surface area contributed by atoms with Crippen LogP contribution in [0, 0.1) is 5.92 Å². The Balaban J connectivity index is 2.17. The lowest BCUT2D eigenvalue weighted by Crippen LogP contribution is -2.32. The minimum Gasteiger partial charge on any atom is -0.490 e. The minimum atomic E-state index is 0.493. The summed E-state index contributed by atoms with van der Waals surface area (Å²) in [6.07, 6.45) is 7.96. The molecule has 112 valence electrons. The summed E-state index contributed by atoms with van der Waals surface area (Å²) in [6.45, 7) is 5.13. The first-order valence-corrected chi connectivity index (χ1v) is 7.69. The number of hydrogen-bond acceptors (Lipinski definition) is 5. The van der Waals surface area contributed by atoms with Gasteiger partial charge in [0.1, 0.15) is 6.33 Å². The molecule has 0 aromatic carbocycles. The van der Waals surface area contributed by atoms with Crippen molar-refractivity contribution in [1.29, 1.82) is 0 Å². The van der Waals surface area contributed by atoms with E-state index in [9.17, 15) is 0 Å². The average Bonchev–Trinajstić information content (AvgIpc) is 2.48. The molecule has 0 spiro atoms. The Labute approximate surface area is 121 Å². The molecule has 5 heteroatoms. The predicted octanol–water partition coefficient (Wildman–Crippen LogP) is 3.30. The summed E-state index contributed by atoms with van der Waals surface area (Å²) >= 11 is 0. The topological polar surface area (TPSA) is 59.1 Å². The van der Waals surface area contributed by atoms with Crippen LogP contribution < -0.4 is 15.4 Å². The van der Waals surface area contributed by atoms with E-state index >= 15 is 0 Å². The van der Waals surface area contributed by atoms with Crippen molar-refractivity contribution in [3.63, 3.8) is 0 Å². The first-order chi connectivity index (χ1) is 9.80. The zero-order valence-electron chi connectivity index (χ0n) is 12.8. The van der Waals surface area contributed by atoms with Crippen molar-refractivity contribution in [3.05, 3.63) is 6.33 Å². The molecule has 2 rings (SSSR count). The fraction of sp³-hybridized carbons (Fsp3) is 0.733. The van der Waals surface area contributed by atoms with Gasteiger partial charge in [0.05, 0.1) is 7.11 Å². The Morgan fingerprint density at radius 3 is 2.65 bits per heavy atom. The first kappa shape index (κ1) is 14.9. The summed E-state index contributed by atoms with van der Waals surface area (Å²) < 4.78 is 5.49. The van der Waals surface area contributed by atoms with Crippen LogP contribution in [0.4, 0.5) is 11.6 Å². The van der Waals surface area contributed by atoms with Crippen molar-refractivity contribution in [1.82, 2.24) is 9.97 Å². The third-order valence-electron chi connectivity index (χ3n) is 4.11. The SMILES string of the molecule is CCNc1ncnc(NC2CCCCC2CC)c1OC. The Morgan fingerprint density at radius 2 is 1.95 bits per heavy atom. The molecule has 5 nitrogen and oxygen atoms in total. The molecular formula is C15H26N4O. The van der Waals surface area contributed by atoms with Crippen molar-refractivity contribution < 1.29 is 4.74 Å². The molecule has 1 heterocycles. The van der Waals surface area contributed by atoms with Crippen molar-refractivity contribution in [2.45, 2.75) is 52.0 Å². The molecule has 1 aliphatic carbocycles. The van der Waals surface area contributed by atoms with Crippen LogP contribution in [0.25, 0.3) is 0 Å². The molecule has 1 aromatic heterocycles. The monoisotopic (exact) mass is 278 g/mol. The molecule has 2 atom stereocenters. The second-order valence-corrected chi connectivity index (χ2v) is 5.34. The lowest BCUT2D eigenvalue weighted by atomic mass is 9.83.